The quantitative estimate of drug-likeness (QED) is 0.778. The summed E-state index contributed by atoms with van der Waals surface area (Å²) in [4.78, 5) is 25.7. The van der Waals surface area contributed by atoms with Gasteiger partial charge in [-0.05, 0) is 19.3 Å². The van der Waals surface area contributed by atoms with Gasteiger partial charge in [-0.3, -0.25) is 9.59 Å². The summed E-state index contributed by atoms with van der Waals surface area (Å²) >= 11 is 0. The fourth-order valence-electron chi connectivity index (χ4n) is 2.00. The number of hydrogen-bond acceptors (Lipinski definition) is 3. The average molecular weight is 270 g/mol. The van der Waals surface area contributed by atoms with E-state index in [1.165, 1.54) is 0 Å². The highest BCUT2D eigenvalue weighted by Crippen LogP contribution is 2.18. The van der Waals surface area contributed by atoms with Crippen molar-refractivity contribution in [1.29, 1.82) is 0 Å². The second-order valence-electron chi connectivity index (χ2n) is 6.56. The Labute approximate surface area is 115 Å². The third-order valence-corrected chi connectivity index (χ3v) is 3.63. The van der Waals surface area contributed by atoms with Crippen molar-refractivity contribution in [2.24, 2.45) is 11.3 Å². The molecule has 0 saturated carbocycles. The second-order valence-corrected chi connectivity index (χ2v) is 6.56. The summed E-state index contributed by atoms with van der Waals surface area (Å²) in [5, 5.41) is 12.5. The minimum absolute atomic E-state index is 0.122. The predicted octanol–water partition coefficient (Wildman–Crippen LogP) is 0.766. The number of carbonyl (C=O) groups is 2. The molecule has 1 fully saturated rings. The molecule has 1 aliphatic heterocycles. The molecule has 0 aliphatic carbocycles. The summed E-state index contributed by atoms with van der Waals surface area (Å²) in [7, 11) is 0. The molecule has 1 rings (SSSR count). The summed E-state index contributed by atoms with van der Waals surface area (Å²) in [5.41, 5.74) is -0.509. The first-order valence-electron chi connectivity index (χ1n) is 6.90. The fraction of sp³-hybridized carbons (Fsp3) is 0.857. The van der Waals surface area contributed by atoms with E-state index in [2.05, 4.69) is 5.32 Å². The zero-order valence-corrected chi connectivity index (χ0v) is 12.6. The normalized spacial score (nSPS) is 25.9. The maximum atomic E-state index is 12.2. The summed E-state index contributed by atoms with van der Waals surface area (Å²) in [6.07, 6.45) is 0.329. The van der Waals surface area contributed by atoms with Crippen molar-refractivity contribution in [3.63, 3.8) is 0 Å². The zero-order chi connectivity index (χ0) is 14.8. The first-order chi connectivity index (χ1) is 8.62. The van der Waals surface area contributed by atoms with Gasteiger partial charge in [0.25, 0.3) is 0 Å². The first-order valence-corrected chi connectivity index (χ1v) is 6.90. The number of amides is 2. The number of aliphatic hydroxyl groups is 1. The van der Waals surface area contributed by atoms with E-state index >= 15 is 0 Å². The number of piperidine rings is 1. The summed E-state index contributed by atoms with van der Waals surface area (Å²) in [6.45, 7) is 10.1. The Bertz CT molecular complexity index is 349. The molecule has 3 atom stereocenters. The fourth-order valence-corrected chi connectivity index (χ4v) is 2.00. The van der Waals surface area contributed by atoms with E-state index in [0.717, 1.165) is 6.42 Å². The van der Waals surface area contributed by atoms with Crippen LogP contribution < -0.4 is 5.32 Å². The Hall–Kier alpha value is -1.10. The van der Waals surface area contributed by atoms with Crippen LogP contribution in [0.2, 0.25) is 0 Å². The monoisotopic (exact) mass is 270 g/mol. The Morgan fingerprint density at radius 3 is 2.42 bits per heavy atom. The van der Waals surface area contributed by atoms with Crippen LogP contribution in [0, 0.1) is 11.3 Å². The van der Waals surface area contributed by atoms with E-state index in [0.29, 0.717) is 13.1 Å². The Morgan fingerprint density at radius 1 is 1.37 bits per heavy atom. The summed E-state index contributed by atoms with van der Waals surface area (Å²) < 4.78 is 0. The minimum atomic E-state index is -0.549. The molecule has 5 nitrogen and oxygen atoms in total. The number of hydrogen-bond donors (Lipinski definition) is 2. The molecule has 0 bridgehead atoms. The summed E-state index contributed by atoms with van der Waals surface area (Å²) in [5.74, 6) is -0.0358. The highest BCUT2D eigenvalue weighted by molar-refractivity contribution is 5.89. The van der Waals surface area contributed by atoms with Crippen LogP contribution in [0.3, 0.4) is 0 Å². The van der Waals surface area contributed by atoms with Crippen LogP contribution in [0.25, 0.3) is 0 Å². The van der Waals surface area contributed by atoms with Gasteiger partial charge in [0, 0.05) is 18.5 Å². The van der Waals surface area contributed by atoms with E-state index in [1.54, 1.807) is 11.8 Å². The number of aliphatic hydroxyl groups excluding tert-OH is 1. The molecule has 5 heteroatoms. The van der Waals surface area contributed by atoms with Crippen molar-refractivity contribution in [3.8, 4) is 0 Å². The van der Waals surface area contributed by atoms with Gasteiger partial charge < -0.3 is 15.3 Å². The van der Waals surface area contributed by atoms with E-state index in [4.69, 9.17) is 0 Å². The Kier molecular flexibility index (Phi) is 4.96. The van der Waals surface area contributed by atoms with E-state index < -0.39 is 17.6 Å². The lowest BCUT2D eigenvalue weighted by atomic mass is 9.94. The number of β-amino-alcohol motifs (C(OH)–C–C–N with tert-alkyl or cyclic N) is 1. The molecule has 19 heavy (non-hydrogen) atoms. The number of rotatable bonds is 2. The maximum absolute atomic E-state index is 12.2. The molecule has 0 radical (unpaired) electrons. The molecule has 0 spiro atoms. The van der Waals surface area contributed by atoms with Gasteiger partial charge in [-0.1, -0.05) is 27.7 Å². The first kappa shape index (κ1) is 16.0. The largest absolute Gasteiger partial charge is 0.391 e. The molecule has 2 amide bonds. The van der Waals surface area contributed by atoms with Gasteiger partial charge in [-0.15, -0.1) is 0 Å². The number of nitrogens with one attached hydrogen (secondary N) is 1. The zero-order valence-electron chi connectivity index (χ0n) is 12.6. The lowest BCUT2D eigenvalue weighted by molar-refractivity contribution is -0.141. The molecule has 0 aromatic carbocycles. The molecule has 1 saturated heterocycles. The van der Waals surface area contributed by atoms with Crippen LogP contribution in [-0.2, 0) is 9.59 Å². The van der Waals surface area contributed by atoms with Crippen molar-refractivity contribution in [2.75, 3.05) is 13.1 Å². The van der Waals surface area contributed by atoms with Crippen molar-refractivity contribution >= 4 is 11.8 Å². The highest BCUT2D eigenvalue weighted by Gasteiger charge is 2.31. The number of likely N-dealkylation sites (tertiary alicyclic amines) is 1. The van der Waals surface area contributed by atoms with Crippen LogP contribution in [0.5, 0.6) is 0 Å². The molecule has 0 aromatic heterocycles. The standard InChI is InChI=1S/C14H26N2O3/c1-9-6-7-16(8-11(9)17)12(18)10(2)15-13(19)14(3,4)5/h9-11,17H,6-8H2,1-5H3,(H,15,19). The minimum Gasteiger partial charge on any atom is -0.391 e. The molecule has 1 aliphatic rings. The van der Waals surface area contributed by atoms with Gasteiger partial charge in [0.15, 0.2) is 0 Å². The predicted molar refractivity (Wildman–Crippen MR) is 73.4 cm³/mol. The van der Waals surface area contributed by atoms with Gasteiger partial charge in [0.05, 0.1) is 6.10 Å². The van der Waals surface area contributed by atoms with E-state index in [1.807, 2.05) is 27.7 Å². The molecule has 2 N–H and O–H groups in total. The van der Waals surface area contributed by atoms with Crippen LogP contribution in [-0.4, -0.2) is 47.1 Å². The van der Waals surface area contributed by atoms with E-state index in [9.17, 15) is 14.7 Å². The highest BCUT2D eigenvalue weighted by atomic mass is 16.3. The van der Waals surface area contributed by atoms with Crippen LogP contribution >= 0.6 is 0 Å². The molecule has 3 unspecified atom stereocenters. The molecule has 1 heterocycles. The third kappa shape index (κ3) is 4.20. The average Bonchev–Trinajstić information content (AvgIpc) is 2.30. The lowest BCUT2D eigenvalue weighted by Gasteiger charge is -2.36. The van der Waals surface area contributed by atoms with Gasteiger partial charge >= 0.3 is 0 Å². The smallest absolute Gasteiger partial charge is 0.244 e. The maximum Gasteiger partial charge on any atom is 0.244 e. The lowest BCUT2D eigenvalue weighted by Crippen LogP contribution is -2.53. The molecular formula is C14H26N2O3. The van der Waals surface area contributed by atoms with E-state index in [-0.39, 0.29) is 17.7 Å². The van der Waals surface area contributed by atoms with Crippen molar-refractivity contribution in [1.82, 2.24) is 10.2 Å². The van der Waals surface area contributed by atoms with Crippen LogP contribution in [0.1, 0.15) is 41.0 Å². The molecule has 0 aromatic rings. The van der Waals surface area contributed by atoms with Gasteiger partial charge in [-0.25, -0.2) is 0 Å². The molecule has 110 valence electrons. The van der Waals surface area contributed by atoms with Crippen LogP contribution in [0.15, 0.2) is 0 Å². The van der Waals surface area contributed by atoms with Crippen LogP contribution in [0.4, 0.5) is 0 Å². The summed E-state index contributed by atoms with van der Waals surface area (Å²) in [6, 6.07) is -0.549. The number of carbonyl (C=O) groups excluding carboxylic acids is 2. The SMILES string of the molecule is CC(NC(=O)C(C)(C)C)C(=O)N1CCC(C)C(O)C1. The van der Waals surface area contributed by atoms with Crippen molar-refractivity contribution < 1.29 is 14.7 Å². The van der Waals surface area contributed by atoms with Gasteiger partial charge in [0.1, 0.15) is 6.04 Å². The molecular weight excluding hydrogens is 244 g/mol. The van der Waals surface area contributed by atoms with Gasteiger partial charge in [0.2, 0.25) is 11.8 Å². The Morgan fingerprint density at radius 2 is 1.95 bits per heavy atom. The van der Waals surface area contributed by atoms with Gasteiger partial charge in [-0.2, -0.15) is 0 Å². The topological polar surface area (TPSA) is 69.6 Å². The Balaban J connectivity index is 2.56. The van der Waals surface area contributed by atoms with Crippen molar-refractivity contribution in [2.45, 2.75) is 53.2 Å². The van der Waals surface area contributed by atoms with Crippen molar-refractivity contribution in [3.05, 3.63) is 0 Å². The second kappa shape index (κ2) is 5.90. The third-order valence-electron chi connectivity index (χ3n) is 3.63. The number of nitrogens with zero attached hydrogens (tertiary/aromatic N) is 1.